The number of ketones is 1. The van der Waals surface area contributed by atoms with Gasteiger partial charge >= 0.3 is 11.9 Å². The fourth-order valence-corrected chi connectivity index (χ4v) is 1.84. The monoisotopic (exact) mass is 336 g/mol. The Morgan fingerprint density at radius 1 is 0.833 bits per heavy atom. The van der Waals surface area contributed by atoms with E-state index >= 15 is 0 Å². The largest absolute Gasteiger partial charge is 0.462 e. The molecule has 0 rings (SSSR count). The van der Waals surface area contributed by atoms with Gasteiger partial charge in [0.25, 0.3) is 0 Å². The lowest BCUT2D eigenvalue weighted by molar-refractivity contribution is -0.150. The Balaban J connectivity index is 5.11. The lowest BCUT2D eigenvalue weighted by atomic mass is 9.81. The van der Waals surface area contributed by atoms with Gasteiger partial charge < -0.3 is 9.47 Å². The summed E-state index contributed by atoms with van der Waals surface area (Å²) in [6, 6.07) is 0. The fraction of sp³-hybridized carbons (Fsp3) is 0.526. The molecule has 0 fully saturated rings. The fourth-order valence-electron chi connectivity index (χ4n) is 1.84. The van der Waals surface area contributed by atoms with E-state index in [1.54, 1.807) is 20.8 Å². The zero-order valence-electron chi connectivity index (χ0n) is 15.2. The van der Waals surface area contributed by atoms with E-state index in [1.165, 1.54) is 0 Å². The topological polar surface area (TPSA) is 69.7 Å². The lowest BCUT2D eigenvalue weighted by Gasteiger charge is -2.31. The molecular formula is C19H28O5. The van der Waals surface area contributed by atoms with Crippen LogP contribution in [0, 0.1) is 5.41 Å². The van der Waals surface area contributed by atoms with Crippen molar-refractivity contribution in [2.24, 2.45) is 5.41 Å². The van der Waals surface area contributed by atoms with Gasteiger partial charge in [0.15, 0.2) is 5.78 Å². The van der Waals surface area contributed by atoms with E-state index in [2.05, 4.69) is 19.7 Å². The summed E-state index contributed by atoms with van der Waals surface area (Å²) < 4.78 is 10.5. The highest BCUT2D eigenvalue weighted by Crippen LogP contribution is 2.30. The summed E-state index contributed by atoms with van der Waals surface area (Å²) in [7, 11) is 0. The second kappa shape index (κ2) is 9.85. The first-order valence-corrected chi connectivity index (χ1v) is 7.88. The van der Waals surface area contributed by atoms with Crippen molar-refractivity contribution >= 4 is 17.7 Å². The van der Waals surface area contributed by atoms with E-state index in [1.807, 2.05) is 6.92 Å². The Kier molecular flexibility index (Phi) is 8.96. The van der Waals surface area contributed by atoms with E-state index in [9.17, 15) is 14.4 Å². The van der Waals surface area contributed by atoms with E-state index in [-0.39, 0.29) is 36.6 Å². The van der Waals surface area contributed by atoms with Crippen molar-refractivity contribution in [2.45, 2.75) is 47.0 Å². The highest BCUT2D eigenvalue weighted by Gasteiger charge is 2.33. The minimum atomic E-state index is -0.638. The molecule has 134 valence electrons. The molecule has 0 aliphatic heterocycles. The van der Waals surface area contributed by atoms with Crippen LogP contribution in [0.15, 0.2) is 36.5 Å². The number of allylic oxidation sites excluding steroid dienone is 1. The molecule has 0 bridgehead atoms. The van der Waals surface area contributed by atoms with Crippen molar-refractivity contribution in [1.82, 2.24) is 0 Å². The predicted molar refractivity (Wildman–Crippen MR) is 93.3 cm³/mol. The summed E-state index contributed by atoms with van der Waals surface area (Å²) in [5.41, 5.74) is 0.410. The van der Waals surface area contributed by atoms with Gasteiger partial charge in [-0.2, -0.15) is 0 Å². The third-order valence-corrected chi connectivity index (χ3v) is 3.82. The van der Waals surface area contributed by atoms with Crippen LogP contribution in [0.5, 0.6) is 0 Å². The number of rotatable bonds is 11. The van der Waals surface area contributed by atoms with Crippen LogP contribution in [0.1, 0.15) is 47.0 Å². The van der Waals surface area contributed by atoms with Gasteiger partial charge in [0.05, 0.1) is 0 Å². The summed E-state index contributed by atoms with van der Waals surface area (Å²) in [5, 5.41) is 0. The molecule has 5 nitrogen and oxygen atoms in total. The van der Waals surface area contributed by atoms with Crippen molar-refractivity contribution in [1.29, 1.82) is 0 Å². The number of esters is 2. The van der Waals surface area contributed by atoms with E-state index < -0.39 is 17.4 Å². The SMILES string of the molecule is C=C(C)C(=O)CCC(CC)(COC(=O)C(=C)C)COC(=O)C(=C)C. The molecule has 24 heavy (non-hydrogen) atoms. The maximum absolute atomic E-state index is 11.9. The Hall–Kier alpha value is -2.17. The van der Waals surface area contributed by atoms with Gasteiger partial charge in [0, 0.05) is 23.0 Å². The molecule has 0 aromatic heterocycles. The molecule has 0 unspecified atom stereocenters. The quantitative estimate of drug-likeness (QED) is 0.426. The lowest BCUT2D eigenvalue weighted by Crippen LogP contribution is -2.35. The van der Waals surface area contributed by atoms with Gasteiger partial charge in [-0.3, -0.25) is 4.79 Å². The maximum Gasteiger partial charge on any atom is 0.333 e. The van der Waals surface area contributed by atoms with E-state index in [0.717, 1.165) is 0 Å². The van der Waals surface area contributed by atoms with Gasteiger partial charge in [-0.05, 0) is 39.2 Å². The van der Waals surface area contributed by atoms with Crippen LogP contribution in [-0.4, -0.2) is 30.9 Å². The third kappa shape index (κ3) is 7.40. The molecule has 0 aromatic carbocycles. The van der Waals surface area contributed by atoms with Crippen LogP contribution >= 0.6 is 0 Å². The molecule has 0 saturated heterocycles. The number of carbonyl (C=O) groups is 3. The molecular weight excluding hydrogens is 308 g/mol. The highest BCUT2D eigenvalue weighted by molar-refractivity contribution is 5.94. The van der Waals surface area contributed by atoms with Crippen molar-refractivity contribution in [3.05, 3.63) is 36.5 Å². The van der Waals surface area contributed by atoms with Crippen LogP contribution < -0.4 is 0 Å². The zero-order chi connectivity index (χ0) is 18.9. The van der Waals surface area contributed by atoms with Crippen LogP contribution in [0.25, 0.3) is 0 Å². The zero-order valence-corrected chi connectivity index (χ0v) is 15.2. The molecule has 0 amide bonds. The van der Waals surface area contributed by atoms with Crippen molar-refractivity contribution in [3.63, 3.8) is 0 Å². The van der Waals surface area contributed by atoms with Crippen molar-refractivity contribution in [2.75, 3.05) is 13.2 Å². The molecule has 0 spiro atoms. The van der Waals surface area contributed by atoms with Gasteiger partial charge in [-0.1, -0.05) is 26.7 Å². The second-order valence-electron chi connectivity index (χ2n) is 6.27. The van der Waals surface area contributed by atoms with E-state index in [4.69, 9.17) is 9.47 Å². The van der Waals surface area contributed by atoms with Crippen molar-refractivity contribution in [3.8, 4) is 0 Å². The molecule has 0 atom stereocenters. The first-order valence-electron chi connectivity index (χ1n) is 7.88. The minimum Gasteiger partial charge on any atom is -0.462 e. The summed E-state index contributed by atoms with van der Waals surface area (Å²) >= 11 is 0. The predicted octanol–water partition coefficient (Wildman–Crippen LogP) is 3.55. The second-order valence-corrected chi connectivity index (χ2v) is 6.27. The maximum atomic E-state index is 11.9. The highest BCUT2D eigenvalue weighted by atomic mass is 16.5. The average Bonchev–Trinajstić information content (AvgIpc) is 2.53. The Labute approximate surface area is 144 Å². The summed E-state index contributed by atoms with van der Waals surface area (Å²) in [6.07, 6.45) is 1.24. The Bertz CT molecular complexity index is 468. The van der Waals surface area contributed by atoms with Gasteiger partial charge in [0.1, 0.15) is 13.2 Å². The first kappa shape index (κ1) is 21.8. The van der Waals surface area contributed by atoms with Gasteiger partial charge in [-0.15, -0.1) is 0 Å². The molecule has 5 heteroatoms. The smallest absolute Gasteiger partial charge is 0.333 e. The van der Waals surface area contributed by atoms with Gasteiger partial charge in [-0.25, -0.2) is 9.59 Å². The molecule has 0 heterocycles. The Morgan fingerprint density at radius 3 is 1.54 bits per heavy atom. The van der Waals surface area contributed by atoms with Crippen LogP contribution in [0.2, 0.25) is 0 Å². The molecule has 0 aliphatic carbocycles. The molecule has 0 N–H and O–H groups in total. The van der Waals surface area contributed by atoms with Crippen LogP contribution in [0.4, 0.5) is 0 Å². The Morgan fingerprint density at radius 2 is 1.25 bits per heavy atom. The number of hydrogen-bond acceptors (Lipinski definition) is 5. The number of hydrogen-bond donors (Lipinski definition) is 0. The molecule has 0 aliphatic rings. The minimum absolute atomic E-state index is 0.0438. The van der Waals surface area contributed by atoms with Crippen molar-refractivity contribution < 1.29 is 23.9 Å². The standard InChI is InChI=1S/C19H28O5/c1-8-19(10-9-16(20)13(2)3,11-23-17(21)14(4)5)12-24-18(22)15(6)7/h2,4,6,8-12H2,1,3,5,7H3. The number of ether oxygens (including phenoxy) is 2. The summed E-state index contributed by atoms with van der Waals surface area (Å²) in [4.78, 5) is 35.2. The molecule has 0 radical (unpaired) electrons. The summed E-state index contributed by atoms with van der Waals surface area (Å²) in [5.74, 6) is -1.08. The average molecular weight is 336 g/mol. The normalized spacial score (nSPS) is 10.7. The van der Waals surface area contributed by atoms with E-state index in [0.29, 0.717) is 18.4 Å². The molecule has 0 saturated carbocycles. The number of carbonyl (C=O) groups excluding carboxylic acids is 3. The first-order chi connectivity index (χ1) is 11.0. The van der Waals surface area contributed by atoms with Crippen LogP contribution in [-0.2, 0) is 23.9 Å². The van der Waals surface area contributed by atoms with Crippen LogP contribution in [0.3, 0.4) is 0 Å². The third-order valence-electron chi connectivity index (χ3n) is 3.82. The summed E-state index contributed by atoms with van der Waals surface area (Å²) in [6.45, 7) is 17.5. The molecule has 0 aromatic rings. The number of Topliss-reactive ketones (excluding diaryl/α,β-unsaturated/α-hetero) is 1. The van der Waals surface area contributed by atoms with Gasteiger partial charge in [0.2, 0.25) is 0 Å².